The van der Waals surface area contributed by atoms with E-state index < -0.39 is 0 Å². The van der Waals surface area contributed by atoms with Gasteiger partial charge in [-0.15, -0.1) is 21.5 Å². The molecule has 0 unspecified atom stereocenters. The molecule has 7 nitrogen and oxygen atoms in total. The van der Waals surface area contributed by atoms with E-state index in [1.165, 1.54) is 11.8 Å². The third kappa shape index (κ3) is 3.67. The molecule has 0 saturated heterocycles. The number of rotatable bonds is 5. The number of aryl methyl sites for hydroxylation is 3. The van der Waals surface area contributed by atoms with E-state index in [-0.39, 0.29) is 5.56 Å². The zero-order chi connectivity index (χ0) is 24.1. The van der Waals surface area contributed by atoms with Gasteiger partial charge >= 0.3 is 0 Å². The quantitative estimate of drug-likeness (QED) is 0.272. The fraction of sp³-hybridized carbons (Fsp3) is 0.154. The van der Waals surface area contributed by atoms with Crippen molar-refractivity contribution in [2.45, 2.75) is 31.7 Å². The second-order valence-electron chi connectivity index (χ2n) is 8.35. The number of aromatic nitrogens is 5. The molecule has 6 rings (SSSR count). The molecule has 0 N–H and O–H groups in total. The molecule has 0 saturated carbocycles. The van der Waals surface area contributed by atoms with Gasteiger partial charge in [0.15, 0.2) is 5.16 Å². The van der Waals surface area contributed by atoms with Crippen LogP contribution in [0.1, 0.15) is 22.6 Å². The smallest absolute Gasteiger partial charge is 0.267 e. The van der Waals surface area contributed by atoms with Crippen molar-refractivity contribution in [3.63, 3.8) is 0 Å². The lowest BCUT2D eigenvalue weighted by atomic mass is 10.1. The zero-order valence-electron chi connectivity index (χ0n) is 19.3. The fourth-order valence-electron chi connectivity index (χ4n) is 4.25. The predicted octanol–water partition coefficient (Wildman–Crippen LogP) is 5.97. The first-order chi connectivity index (χ1) is 17.0. The minimum atomic E-state index is -0.114. The van der Waals surface area contributed by atoms with Crippen molar-refractivity contribution in [1.82, 2.24) is 24.1 Å². The van der Waals surface area contributed by atoms with Crippen molar-refractivity contribution in [2.24, 2.45) is 0 Å². The Labute approximate surface area is 209 Å². The summed E-state index contributed by atoms with van der Waals surface area (Å²) in [6.45, 7) is 5.97. The number of nitrogens with zero attached hydrogens (tertiary/aromatic N) is 5. The van der Waals surface area contributed by atoms with E-state index in [0.29, 0.717) is 28.0 Å². The summed E-state index contributed by atoms with van der Waals surface area (Å²) in [5.41, 5.74) is 4.46. The molecule has 0 aliphatic heterocycles. The first-order valence-electron chi connectivity index (χ1n) is 11.1. The number of benzene rings is 2. The molecule has 2 aromatic carbocycles. The average molecular weight is 500 g/mol. The van der Waals surface area contributed by atoms with Gasteiger partial charge in [-0.05, 0) is 56.0 Å². The molecule has 4 heterocycles. The van der Waals surface area contributed by atoms with Gasteiger partial charge in [0.2, 0.25) is 11.7 Å². The first kappa shape index (κ1) is 21.8. The molecule has 0 radical (unpaired) electrons. The van der Waals surface area contributed by atoms with Crippen LogP contribution in [0.3, 0.4) is 0 Å². The molecule has 6 aromatic rings. The average Bonchev–Trinajstić information content (AvgIpc) is 3.59. The lowest BCUT2D eigenvalue weighted by Gasteiger charge is -2.13. The van der Waals surface area contributed by atoms with Crippen LogP contribution in [0.4, 0.5) is 0 Å². The Balaban J connectivity index is 1.48. The Hall–Kier alpha value is -3.69. The van der Waals surface area contributed by atoms with Gasteiger partial charge in [0.05, 0.1) is 27.2 Å². The second kappa shape index (κ2) is 8.51. The van der Waals surface area contributed by atoms with E-state index >= 15 is 0 Å². The SMILES string of the molecule is Cc1ccc(-n2c(=O)c3ccccc3n3c(SCc4nc(-c5cccs5)oc4C)nnc23)c(C)c1. The highest BCUT2D eigenvalue weighted by Gasteiger charge is 2.20. The van der Waals surface area contributed by atoms with E-state index in [0.717, 1.165) is 38.7 Å². The molecule has 0 aliphatic carbocycles. The van der Waals surface area contributed by atoms with Crippen molar-refractivity contribution in [3.05, 3.63) is 92.9 Å². The molecule has 0 spiro atoms. The molecule has 0 aliphatic rings. The largest absolute Gasteiger partial charge is 0.440 e. The van der Waals surface area contributed by atoms with Crippen LogP contribution in [0.2, 0.25) is 0 Å². The van der Waals surface area contributed by atoms with Gasteiger partial charge in [-0.1, -0.05) is 47.7 Å². The normalized spacial score (nSPS) is 11.6. The van der Waals surface area contributed by atoms with Gasteiger partial charge in [-0.25, -0.2) is 9.55 Å². The number of para-hydroxylation sites is 1. The van der Waals surface area contributed by atoms with Gasteiger partial charge in [0.1, 0.15) is 5.76 Å². The third-order valence-electron chi connectivity index (χ3n) is 5.95. The van der Waals surface area contributed by atoms with Crippen LogP contribution in [0.15, 0.2) is 74.3 Å². The molecule has 0 fully saturated rings. The number of thiophene rings is 1. The van der Waals surface area contributed by atoms with Crippen molar-refractivity contribution < 1.29 is 4.42 Å². The maximum absolute atomic E-state index is 13.6. The Morgan fingerprint density at radius 1 is 1.03 bits per heavy atom. The van der Waals surface area contributed by atoms with Crippen LogP contribution >= 0.6 is 23.1 Å². The molecular weight excluding hydrogens is 478 g/mol. The lowest BCUT2D eigenvalue weighted by Crippen LogP contribution is -2.22. The van der Waals surface area contributed by atoms with Crippen molar-refractivity contribution >= 4 is 39.8 Å². The Morgan fingerprint density at radius 2 is 1.89 bits per heavy atom. The molecule has 35 heavy (non-hydrogen) atoms. The lowest BCUT2D eigenvalue weighted by molar-refractivity contribution is 0.542. The summed E-state index contributed by atoms with van der Waals surface area (Å²) < 4.78 is 9.51. The third-order valence-corrected chi connectivity index (χ3v) is 7.75. The monoisotopic (exact) mass is 499 g/mol. The molecule has 174 valence electrons. The van der Waals surface area contributed by atoms with Gasteiger partial charge in [-0.3, -0.25) is 9.20 Å². The highest BCUT2D eigenvalue weighted by atomic mass is 32.2. The minimum absolute atomic E-state index is 0.114. The van der Waals surface area contributed by atoms with Gasteiger partial charge in [-0.2, -0.15) is 0 Å². The molecule has 0 amide bonds. The van der Waals surface area contributed by atoms with Gasteiger partial charge in [0, 0.05) is 5.75 Å². The number of oxazole rings is 1. The van der Waals surface area contributed by atoms with E-state index in [2.05, 4.69) is 16.3 Å². The van der Waals surface area contributed by atoms with E-state index in [1.54, 1.807) is 15.9 Å². The molecular formula is C26H21N5O2S2. The summed E-state index contributed by atoms with van der Waals surface area (Å²) in [7, 11) is 0. The molecule has 4 aromatic heterocycles. The van der Waals surface area contributed by atoms with Crippen LogP contribution < -0.4 is 5.56 Å². The highest BCUT2D eigenvalue weighted by Crippen LogP contribution is 2.30. The summed E-state index contributed by atoms with van der Waals surface area (Å²) in [4.78, 5) is 19.3. The summed E-state index contributed by atoms with van der Waals surface area (Å²) in [5, 5.41) is 12.3. The van der Waals surface area contributed by atoms with Crippen LogP contribution in [0.25, 0.3) is 33.1 Å². The Bertz CT molecular complexity index is 1760. The fourth-order valence-corrected chi connectivity index (χ4v) is 5.84. The van der Waals surface area contributed by atoms with Crippen LogP contribution in [-0.2, 0) is 5.75 Å². The zero-order valence-corrected chi connectivity index (χ0v) is 21.0. The summed E-state index contributed by atoms with van der Waals surface area (Å²) in [5.74, 6) is 2.47. The predicted molar refractivity (Wildman–Crippen MR) is 140 cm³/mol. The van der Waals surface area contributed by atoms with Gasteiger partial charge in [0.25, 0.3) is 5.56 Å². The Morgan fingerprint density at radius 3 is 2.69 bits per heavy atom. The van der Waals surface area contributed by atoms with E-state index in [1.807, 2.05) is 79.1 Å². The van der Waals surface area contributed by atoms with Crippen molar-refractivity contribution in [3.8, 4) is 16.5 Å². The van der Waals surface area contributed by atoms with Crippen LogP contribution in [0, 0.1) is 20.8 Å². The number of thioether (sulfide) groups is 1. The molecule has 0 atom stereocenters. The molecule has 9 heteroatoms. The van der Waals surface area contributed by atoms with E-state index in [4.69, 9.17) is 9.40 Å². The van der Waals surface area contributed by atoms with Crippen LogP contribution in [-0.4, -0.2) is 24.1 Å². The maximum Gasteiger partial charge on any atom is 0.267 e. The maximum atomic E-state index is 13.6. The molecule has 0 bridgehead atoms. The minimum Gasteiger partial charge on any atom is -0.440 e. The number of fused-ring (bicyclic) bond motifs is 3. The summed E-state index contributed by atoms with van der Waals surface area (Å²) >= 11 is 3.12. The van der Waals surface area contributed by atoms with Crippen molar-refractivity contribution in [1.29, 1.82) is 0 Å². The van der Waals surface area contributed by atoms with Crippen molar-refractivity contribution in [2.75, 3.05) is 0 Å². The highest BCUT2D eigenvalue weighted by molar-refractivity contribution is 7.98. The Kier molecular flexibility index (Phi) is 5.31. The van der Waals surface area contributed by atoms with Crippen LogP contribution in [0.5, 0.6) is 0 Å². The number of hydrogen-bond donors (Lipinski definition) is 0. The summed E-state index contributed by atoms with van der Waals surface area (Å²) in [6.07, 6.45) is 0. The van der Waals surface area contributed by atoms with Gasteiger partial charge < -0.3 is 4.42 Å². The second-order valence-corrected chi connectivity index (χ2v) is 10.2. The van der Waals surface area contributed by atoms with E-state index in [9.17, 15) is 4.79 Å². The first-order valence-corrected chi connectivity index (χ1v) is 13.0. The summed E-state index contributed by atoms with van der Waals surface area (Å²) in [6, 6.07) is 17.6. The number of hydrogen-bond acceptors (Lipinski definition) is 7. The topological polar surface area (TPSA) is 78.2 Å². The standard InChI is InChI=1S/C26H21N5O2S2/c1-15-10-11-20(16(2)13-15)30-24(32)18-7-4-5-8-21(18)31-25(30)28-29-26(31)35-14-19-17(3)33-23(27-19)22-9-6-12-34-22/h4-13H,14H2,1-3H3.